The maximum Gasteiger partial charge on any atom is 0.275 e. The Morgan fingerprint density at radius 3 is 2.75 bits per heavy atom. The number of carbonyl (C=O) groups is 1. The lowest BCUT2D eigenvalue weighted by Gasteiger charge is -2.26. The van der Waals surface area contributed by atoms with Gasteiger partial charge in [0, 0.05) is 34.9 Å². The molecule has 1 aliphatic rings. The Morgan fingerprint density at radius 2 is 1.93 bits per heavy atom. The first-order valence-electron chi connectivity index (χ1n) is 9.33. The number of nitrogens with zero attached hydrogens (tertiary/aromatic N) is 2. The number of aromatic hydroxyl groups is 1. The summed E-state index contributed by atoms with van der Waals surface area (Å²) < 4.78 is 0. The second-order valence-electron chi connectivity index (χ2n) is 7.21. The maximum atomic E-state index is 13.1. The number of hydrogen-bond donors (Lipinski definition) is 3. The first kappa shape index (κ1) is 16.6. The summed E-state index contributed by atoms with van der Waals surface area (Å²) >= 11 is 0. The fourth-order valence-electron chi connectivity index (χ4n) is 4.16. The van der Waals surface area contributed by atoms with Crippen LogP contribution in [0.1, 0.15) is 38.9 Å². The van der Waals surface area contributed by atoms with E-state index in [4.69, 9.17) is 0 Å². The van der Waals surface area contributed by atoms with Crippen molar-refractivity contribution < 1.29 is 9.90 Å². The summed E-state index contributed by atoms with van der Waals surface area (Å²) in [6.45, 7) is 2.53. The molecule has 3 N–H and O–H groups in total. The minimum Gasteiger partial charge on any atom is -0.508 e. The van der Waals surface area contributed by atoms with Crippen LogP contribution in [0.15, 0.2) is 54.7 Å². The van der Waals surface area contributed by atoms with Crippen molar-refractivity contribution in [3.8, 4) is 5.75 Å². The summed E-state index contributed by atoms with van der Waals surface area (Å²) in [6.07, 6.45) is 2.77. The first-order valence-corrected chi connectivity index (χ1v) is 9.33. The monoisotopic (exact) mass is 372 g/mol. The summed E-state index contributed by atoms with van der Waals surface area (Å²) in [6, 6.07) is 15.0. The zero-order chi connectivity index (χ0) is 19.3. The van der Waals surface area contributed by atoms with E-state index in [2.05, 4.69) is 27.3 Å². The summed E-state index contributed by atoms with van der Waals surface area (Å²) in [7, 11) is 0. The van der Waals surface area contributed by atoms with E-state index >= 15 is 0 Å². The first-order chi connectivity index (χ1) is 13.6. The molecule has 0 saturated carbocycles. The third-order valence-electron chi connectivity index (χ3n) is 5.55. The zero-order valence-corrected chi connectivity index (χ0v) is 15.4. The summed E-state index contributed by atoms with van der Waals surface area (Å²) in [5.74, 6) is 0.153. The molecular weight excluding hydrogens is 352 g/mol. The van der Waals surface area contributed by atoms with Gasteiger partial charge in [-0.1, -0.05) is 30.3 Å². The fraction of sp³-hybridized carbons (Fsp3) is 0.182. The van der Waals surface area contributed by atoms with Crippen molar-refractivity contribution in [1.29, 1.82) is 0 Å². The molecule has 0 unspecified atom stereocenters. The van der Waals surface area contributed by atoms with Crippen LogP contribution in [0, 0.1) is 6.92 Å². The van der Waals surface area contributed by atoms with E-state index in [1.165, 1.54) is 10.9 Å². The number of fused-ring (bicyclic) bond motifs is 2. The van der Waals surface area contributed by atoms with Crippen LogP contribution in [0.2, 0.25) is 0 Å². The molecule has 1 aliphatic heterocycles. The van der Waals surface area contributed by atoms with Gasteiger partial charge in [-0.3, -0.25) is 9.89 Å². The molecule has 4 aromatic rings. The van der Waals surface area contributed by atoms with Gasteiger partial charge in [0.05, 0.1) is 6.04 Å². The third-order valence-corrected chi connectivity index (χ3v) is 5.55. The van der Waals surface area contributed by atoms with Crippen LogP contribution in [0.4, 0.5) is 0 Å². The van der Waals surface area contributed by atoms with Crippen molar-refractivity contribution in [2.45, 2.75) is 19.4 Å². The Morgan fingerprint density at radius 1 is 1.14 bits per heavy atom. The molecule has 1 amide bonds. The number of para-hydroxylation sites is 1. The van der Waals surface area contributed by atoms with Gasteiger partial charge in [-0.2, -0.15) is 5.10 Å². The quantitative estimate of drug-likeness (QED) is 0.511. The number of hydrogen-bond acceptors (Lipinski definition) is 3. The second-order valence-corrected chi connectivity index (χ2v) is 7.21. The molecule has 2 aromatic heterocycles. The van der Waals surface area contributed by atoms with Gasteiger partial charge in [0.25, 0.3) is 5.91 Å². The summed E-state index contributed by atoms with van der Waals surface area (Å²) in [4.78, 5) is 18.2. The van der Waals surface area contributed by atoms with Gasteiger partial charge >= 0.3 is 0 Å². The molecule has 140 valence electrons. The van der Waals surface area contributed by atoms with E-state index in [0.29, 0.717) is 12.2 Å². The van der Waals surface area contributed by atoms with Gasteiger partial charge in [0.1, 0.15) is 5.75 Å². The number of aryl methyl sites for hydroxylation is 1. The topological polar surface area (TPSA) is 85.0 Å². The summed E-state index contributed by atoms with van der Waals surface area (Å²) in [5, 5.41) is 18.0. The Balaban J connectivity index is 1.50. The number of carbonyl (C=O) groups excluding carboxylic acids is 1. The van der Waals surface area contributed by atoms with Crippen LogP contribution < -0.4 is 0 Å². The van der Waals surface area contributed by atoms with Crippen molar-refractivity contribution in [2.24, 2.45) is 0 Å². The van der Waals surface area contributed by atoms with E-state index in [9.17, 15) is 9.90 Å². The van der Waals surface area contributed by atoms with Crippen LogP contribution >= 0.6 is 0 Å². The van der Waals surface area contributed by atoms with E-state index in [1.807, 2.05) is 42.3 Å². The highest BCUT2D eigenvalue weighted by Gasteiger charge is 2.41. The molecule has 0 radical (unpaired) electrons. The van der Waals surface area contributed by atoms with E-state index in [1.54, 1.807) is 12.1 Å². The highest BCUT2D eigenvalue weighted by Crippen LogP contribution is 2.39. The molecule has 6 nitrogen and oxygen atoms in total. The zero-order valence-electron chi connectivity index (χ0n) is 15.4. The molecule has 0 aliphatic carbocycles. The Kier molecular flexibility index (Phi) is 3.72. The molecule has 3 heterocycles. The second kappa shape index (κ2) is 6.27. The number of amides is 1. The highest BCUT2D eigenvalue weighted by atomic mass is 16.3. The number of nitrogens with one attached hydrogen (secondary N) is 2. The van der Waals surface area contributed by atoms with Gasteiger partial charge < -0.3 is 15.0 Å². The van der Waals surface area contributed by atoms with Crippen molar-refractivity contribution >= 4 is 16.8 Å². The van der Waals surface area contributed by atoms with Gasteiger partial charge in [0.15, 0.2) is 5.69 Å². The lowest BCUT2D eigenvalue weighted by molar-refractivity contribution is 0.0745. The van der Waals surface area contributed by atoms with Gasteiger partial charge in [-0.25, -0.2) is 0 Å². The number of phenols is 1. The predicted octanol–water partition coefficient (Wildman–Crippen LogP) is 3.69. The molecule has 28 heavy (non-hydrogen) atoms. The van der Waals surface area contributed by atoms with Gasteiger partial charge in [-0.05, 0) is 42.7 Å². The van der Waals surface area contributed by atoms with Crippen LogP contribution in [-0.4, -0.2) is 37.6 Å². The minimum absolute atomic E-state index is 0.0581. The Hall–Kier alpha value is -3.54. The maximum absolute atomic E-state index is 13.1. The molecule has 6 heteroatoms. The third kappa shape index (κ3) is 2.49. The number of aromatic amines is 2. The number of phenolic OH excluding ortho intramolecular Hbond substituents is 1. The Bertz CT molecular complexity index is 1170. The smallest absolute Gasteiger partial charge is 0.275 e. The molecule has 0 spiro atoms. The fourth-order valence-corrected chi connectivity index (χ4v) is 4.16. The van der Waals surface area contributed by atoms with Crippen LogP contribution in [-0.2, 0) is 6.42 Å². The number of aromatic nitrogens is 3. The average Bonchev–Trinajstić information content (AvgIpc) is 3.36. The van der Waals surface area contributed by atoms with E-state index in [0.717, 1.165) is 28.8 Å². The van der Waals surface area contributed by atoms with Crippen LogP contribution in [0.5, 0.6) is 5.75 Å². The average molecular weight is 372 g/mol. The van der Waals surface area contributed by atoms with Gasteiger partial charge in [-0.15, -0.1) is 0 Å². The largest absolute Gasteiger partial charge is 0.508 e. The predicted molar refractivity (Wildman–Crippen MR) is 106 cm³/mol. The van der Waals surface area contributed by atoms with E-state index in [-0.39, 0.29) is 17.7 Å². The number of rotatable bonds is 4. The number of benzene rings is 2. The lowest BCUT2D eigenvalue weighted by Crippen LogP contribution is -2.31. The van der Waals surface area contributed by atoms with Gasteiger partial charge in [0.2, 0.25) is 0 Å². The molecule has 0 bridgehead atoms. The van der Waals surface area contributed by atoms with Crippen LogP contribution in [0.25, 0.3) is 10.9 Å². The standard InChI is InChI=1S/C22H20N4O2/c1-13-19-20(25-24-13)22(28)26(21(19)14-6-8-16(27)9-7-14)11-10-15-12-23-18-5-3-2-4-17(15)18/h2-9,12,21,23,27H,10-11H2,1H3,(H,24,25)/t21-/m1/s1. The molecule has 1 atom stereocenters. The SMILES string of the molecule is Cc1[nH]nc2c1[C@@H](c1ccc(O)cc1)N(CCc1c[nH]c3ccccc13)C2=O. The molecular formula is C22H20N4O2. The molecule has 0 saturated heterocycles. The van der Waals surface area contributed by atoms with Crippen LogP contribution in [0.3, 0.4) is 0 Å². The van der Waals surface area contributed by atoms with Crippen molar-refractivity contribution in [2.75, 3.05) is 6.54 Å². The van der Waals surface area contributed by atoms with Crippen molar-refractivity contribution in [3.05, 3.63) is 82.8 Å². The van der Waals surface area contributed by atoms with E-state index < -0.39 is 0 Å². The molecule has 5 rings (SSSR count). The van der Waals surface area contributed by atoms with Crippen molar-refractivity contribution in [1.82, 2.24) is 20.1 Å². The molecule has 2 aromatic carbocycles. The highest BCUT2D eigenvalue weighted by molar-refractivity contribution is 5.98. The Labute approximate surface area is 161 Å². The lowest BCUT2D eigenvalue weighted by atomic mass is 9.99. The minimum atomic E-state index is -0.202. The number of H-pyrrole nitrogens is 2. The molecule has 0 fully saturated rings. The summed E-state index contributed by atoms with van der Waals surface area (Å²) in [5.41, 5.74) is 5.58. The normalized spacial score (nSPS) is 16.1. The van der Waals surface area contributed by atoms with Crippen molar-refractivity contribution in [3.63, 3.8) is 0 Å².